The van der Waals surface area contributed by atoms with Gasteiger partial charge in [-0.2, -0.15) is 0 Å². The molecule has 0 spiro atoms. The third-order valence-electron chi connectivity index (χ3n) is 4.62. The van der Waals surface area contributed by atoms with Crippen LogP contribution in [0, 0.1) is 11.8 Å². The van der Waals surface area contributed by atoms with Crippen LogP contribution in [0.1, 0.15) is 51.9 Å². The molecule has 0 amide bonds. The first kappa shape index (κ1) is 15.3. The van der Waals surface area contributed by atoms with Gasteiger partial charge in [-0.3, -0.25) is 0 Å². The van der Waals surface area contributed by atoms with Crippen molar-refractivity contribution in [1.82, 2.24) is 10.0 Å². The monoisotopic (exact) mass is 288 g/mol. The van der Waals surface area contributed by atoms with Crippen molar-refractivity contribution >= 4 is 10.0 Å². The van der Waals surface area contributed by atoms with Crippen molar-refractivity contribution in [3.63, 3.8) is 0 Å². The Morgan fingerprint density at radius 3 is 2.32 bits per heavy atom. The van der Waals surface area contributed by atoms with E-state index in [1.807, 2.05) is 0 Å². The van der Waals surface area contributed by atoms with Crippen molar-refractivity contribution in [3.05, 3.63) is 0 Å². The number of nitrogens with one attached hydrogen (secondary N) is 2. The molecule has 0 radical (unpaired) electrons. The summed E-state index contributed by atoms with van der Waals surface area (Å²) in [4.78, 5) is 0. The van der Waals surface area contributed by atoms with Gasteiger partial charge in [-0.05, 0) is 69.9 Å². The Morgan fingerprint density at radius 2 is 1.68 bits per heavy atom. The molecule has 0 atom stereocenters. The van der Waals surface area contributed by atoms with Crippen LogP contribution >= 0.6 is 0 Å². The Hall–Kier alpha value is -0.130. The first-order valence-electron chi connectivity index (χ1n) is 7.76. The van der Waals surface area contributed by atoms with E-state index < -0.39 is 10.0 Å². The Kier molecular flexibility index (Phi) is 5.66. The van der Waals surface area contributed by atoms with Crippen LogP contribution < -0.4 is 10.0 Å². The van der Waals surface area contributed by atoms with Gasteiger partial charge in [0.2, 0.25) is 10.0 Å². The molecule has 1 heterocycles. The topological polar surface area (TPSA) is 58.2 Å². The average molecular weight is 288 g/mol. The molecule has 2 rings (SSSR count). The average Bonchev–Trinajstić information content (AvgIpc) is 2.40. The molecule has 2 fully saturated rings. The fourth-order valence-electron chi connectivity index (χ4n) is 3.18. The van der Waals surface area contributed by atoms with E-state index in [1.54, 1.807) is 0 Å². The van der Waals surface area contributed by atoms with E-state index in [0.717, 1.165) is 64.0 Å². The van der Waals surface area contributed by atoms with Gasteiger partial charge in [0.25, 0.3) is 0 Å². The zero-order chi connectivity index (χ0) is 13.7. The molecular weight excluding hydrogens is 260 g/mol. The normalized spacial score (nSPS) is 30.4. The standard InChI is InChI=1S/C14H28N2O2S/c1-12-2-4-14(5-3-12)16-19(17,18)11-8-13-6-9-15-10-7-13/h12-16H,2-11H2,1H3. The summed E-state index contributed by atoms with van der Waals surface area (Å²) in [6, 6.07) is 0.189. The summed E-state index contributed by atoms with van der Waals surface area (Å²) in [6.07, 6.45) is 7.39. The van der Waals surface area contributed by atoms with Gasteiger partial charge in [0.05, 0.1) is 5.75 Å². The van der Waals surface area contributed by atoms with Gasteiger partial charge in [-0.25, -0.2) is 13.1 Å². The maximum atomic E-state index is 12.1. The maximum Gasteiger partial charge on any atom is 0.211 e. The number of sulfonamides is 1. The van der Waals surface area contributed by atoms with Crippen LogP contribution in [0.3, 0.4) is 0 Å². The summed E-state index contributed by atoms with van der Waals surface area (Å²) in [6.45, 7) is 4.33. The molecule has 19 heavy (non-hydrogen) atoms. The zero-order valence-electron chi connectivity index (χ0n) is 12.0. The minimum atomic E-state index is -3.07. The summed E-state index contributed by atoms with van der Waals surface area (Å²) >= 11 is 0. The molecule has 1 aliphatic carbocycles. The van der Waals surface area contributed by atoms with E-state index in [0.29, 0.717) is 11.7 Å². The van der Waals surface area contributed by atoms with Crippen LogP contribution in [-0.4, -0.2) is 33.3 Å². The van der Waals surface area contributed by atoms with Crippen LogP contribution in [0.15, 0.2) is 0 Å². The summed E-state index contributed by atoms with van der Waals surface area (Å²) in [5.41, 5.74) is 0. The van der Waals surface area contributed by atoms with Gasteiger partial charge in [0, 0.05) is 6.04 Å². The van der Waals surface area contributed by atoms with Gasteiger partial charge in [-0.1, -0.05) is 6.92 Å². The van der Waals surface area contributed by atoms with Crippen molar-refractivity contribution < 1.29 is 8.42 Å². The Morgan fingerprint density at radius 1 is 1.05 bits per heavy atom. The minimum absolute atomic E-state index is 0.189. The molecule has 0 aromatic heterocycles. The SMILES string of the molecule is CC1CCC(NS(=O)(=O)CCC2CCNCC2)CC1. The molecular formula is C14H28N2O2S. The predicted octanol–water partition coefficient (Wildman–Crippen LogP) is 1.87. The summed E-state index contributed by atoms with van der Waals surface area (Å²) in [7, 11) is -3.07. The van der Waals surface area contributed by atoms with E-state index in [1.165, 1.54) is 0 Å². The smallest absolute Gasteiger partial charge is 0.211 e. The lowest BCUT2D eigenvalue weighted by Crippen LogP contribution is -2.39. The summed E-state index contributed by atoms with van der Waals surface area (Å²) in [5.74, 6) is 1.66. The Balaban J connectivity index is 1.72. The second-order valence-electron chi connectivity index (χ2n) is 6.38. The quantitative estimate of drug-likeness (QED) is 0.812. The van der Waals surface area contributed by atoms with E-state index in [9.17, 15) is 8.42 Å². The van der Waals surface area contributed by atoms with Gasteiger partial charge in [0.1, 0.15) is 0 Å². The lowest BCUT2D eigenvalue weighted by molar-refractivity contribution is 0.330. The highest BCUT2D eigenvalue weighted by atomic mass is 32.2. The van der Waals surface area contributed by atoms with E-state index >= 15 is 0 Å². The fraction of sp³-hybridized carbons (Fsp3) is 1.00. The van der Waals surface area contributed by atoms with Crippen LogP contribution in [0.25, 0.3) is 0 Å². The molecule has 2 N–H and O–H groups in total. The van der Waals surface area contributed by atoms with Crippen LogP contribution in [0.2, 0.25) is 0 Å². The van der Waals surface area contributed by atoms with Crippen LogP contribution in [0.5, 0.6) is 0 Å². The first-order chi connectivity index (χ1) is 9.05. The largest absolute Gasteiger partial charge is 0.317 e. The zero-order valence-corrected chi connectivity index (χ0v) is 12.8. The molecule has 4 nitrogen and oxygen atoms in total. The predicted molar refractivity (Wildman–Crippen MR) is 78.6 cm³/mol. The maximum absolute atomic E-state index is 12.1. The highest BCUT2D eigenvalue weighted by Crippen LogP contribution is 2.24. The highest BCUT2D eigenvalue weighted by molar-refractivity contribution is 7.89. The molecule has 0 bridgehead atoms. The highest BCUT2D eigenvalue weighted by Gasteiger charge is 2.24. The molecule has 0 aromatic rings. The van der Waals surface area contributed by atoms with Crippen molar-refractivity contribution in [2.45, 2.75) is 57.9 Å². The number of piperidine rings is 1. The molecule has 1 aliphatic heterocycles. The minimum Gasteiger partial charge on any atom is -0.317 e. The molecule has 1 saturated heterocycles. The summed E-state index contributed by atoms with van der Waals surface area (Å²) in [5, 5.41) is 3.32. The second-order valence-corrected chi connectivity index (χ2v) is 8.25. The molecule has 0 unspecified atom stereocenters. The molecule has 1 saturated carbocycles. The number of hydrogen-bond acceptors (Lipinski definition) is 3. The van der Waals surface area contributed by atoms with E-state index in [2.05, 4.69) is 17.0 Å². The molecule has 5 heteroatoms. The van der Waals surface area contributed by atoms with Gasteiger partial charge in [-0.15, -0.1) is 0 Å². The second kappa shape index (κ2) is 7.04. The first-order valence-corrected chi connectivity index (χ1v) is 9.41. The molecule has 112 valence electrons. The molecule has 0 aromatic carbocycles. The lowest BCUT2D eigenvalue weighted by Gasteiger charge is -2.27. The Bertz CT molecular complexity index is 356. The Labute approximate surface area is 117 Å². The van der Waals surface area contributed by atoms with Crippen molar-refractivity contribution in [3.8, 4) is 0 Å². The lowest BCUT2D eigenvalue weighted by atomic mass is 9.88. The third-order valence-corrected chi connectivity index (χ3v) is 6.08. The molecule has 2 aliphatic rings. The third kappa shape index (κ3) is 5.40. The van der Waals surface area contributed by atoms with Crippen molar-refractivity contribution in [1.29, 1.82) is 0 Å². The van der Waals surface area contributed by atoms with Gasteiger partial charge in [0.15, 0.2) is 0 Å². The summed E-state index contributed by atoms with van der Waals surface area (Å²) < 4.78 is 27.1. The van der Waals surface area contributed by atoms with Crippen molar-refractivity contribution in [2.24, 2.45) is 11.8 Å². The van der Waals surface area contributed by atoms with E-state index in [-0.39, 0.29) is 6.04 Å². The van der Waals surface area contributed by atoms with Crippen LogP contribution in [0.4, 0.5) is 0 Å². The van der Waals surface area contributed by atoms with E-state index in [4.69, 9.17) is 0 Å². The number of hydrogen-bond donors (Lipinski definition) is 2. The fourth-order valence-corrected chi connectivity index (χ4v) is 4.69. The van der Waals surface area contributed by atoms with Crippen molar-refractivity contribution in [2.75, 3.05) is 18.8 Å². The van der Waals surface area contributed by atoms with Crippen LogP contribution in [-0.2, 0) is 10.0 Å². The van der Waals surface area contributed by atoms with Gasteiger partial charge >= 0.3 is 0 Å². The number of rotatable bonds is 5. The van der Waals surface area contributed by atoms with Gasteiger partial charge < -0.3 is 5.32 Å².